The maximum absolute atomic E-state index is 11.7. The van der Waals surface area contributed by atoms with Crippen molar-refractivity contribution < 1.29 is 4.79 Å². The van der Waals surface area contributed by atoms with Gasteiger partial charge < -0.3 is 10.6 Å². The van der Waals surface area contributed by atoms with Crippen molar-refractivity contribution in [3.8, 4) is 0 Å². The lowest BCUT2D eigenvalue weighted by atomic mass is 9.78. The molecular weight excluding hydrogens is 224 g/mol. The molecule has 1 amide bonds. The van der Waals surface area contributed by atoms with Crippen LogP contribution in [0.25, 0.3) is 0 Å². The predicted octanol–water partition coefficient (Wildman–Crippen LogP) is 2.71. The second-order valence-electron chi connectivity index (χ2n) is 6.30. The largest absolute Gasteiger partial charge is 0.355 e. The number of nitrogens with one attached hydrogen (secondary N) is 2. The number of hydrogen-bond acceptors (Lipinski definition) is 2. The van der Waals surface area contributed by atoms with E-state index >= 15 is 0 Å². The summed E-state index contributed by atoms with van der Waals surface area (Å²) in [6.07, 6.45) is 6.62. The van der Waals surface area contributed by atoms with Crippen molar-refractivity contribution in [2.75, 3.05) is 13.1 Å². The van der Waals surface area contributed by atoms with Crippen molar-refractivity contribution in [1.29, 1.82) is 0 Å². The van der Waals surface area contributed by atoms with E-state index in [4.69, 9.17) is 0 Å². The van der Waals surface area contributed by atoms with Crippen LogP contribution < -0.4 is 10.6 Å². The van der Waals surface area contributed by atoms with Crippen LogP contribution in [0.4, 0.5) is 0 Å². The Hall–Kier alpha value is -0.570. The van der Waals surface area contributed by atoms with E-state index in [0.717, 1.165) is 12.5 Å². The van der Waals surface area contributed by atoms with Crippen molar-refractivity contribution in [2.45, 2.75) is 65.8 Å². The monoisotopic (exact) mass is 254 g/mol. The Morgan fingerprint density at radius 1 is 1.22 bits per heavy atom. The second kappa shape index (κ2) is 7.13. The number of amides is 1. The van der Waals surface area contributed by atoms with Gasteiger partial charge in [-0.1, -0.05) is 26.7 Å². The van der Waals surface area contributed by atoms with E-state index in [0.29, 0.717) is 12.0 Å². The summed E-state index contributed by atoms with van der Waals surface area (Å²) in [7, 11) is 0. The first-order valence-electron chi connectivity index (χ1n) is 7.50. The van der Waals surface area contributed by atoms with E-state index < -0.39 is 0 Å². The van der Waals surface area contributed by atoms with Crippen LogP contribution >= 0.6 is 0 Å². The second-order valence-corrected chi connectivity index (χ2v) is 6.30. The predicted molar refractivity (Wildman–Crippen MR) is 76.5 cm³/mol. The van der Waals surface area contributed by atoms with Crippen molar-refractivity contribution in [3.63, 3.8) is 0 Å². The van der Waals surface area contributed by atoms with E-state index in [9.17, 15) is 4.79 Å². The number of hydrogen-bond donors (Lipinski definition) is 2. The van der Waals surface area contributed by atoms with Gasteiger partial charge in [-0.15, -0.1) is 0 Å². The van der Waals surface area contributed by atoms with E-state index in [1.54, 1.807) is 0 Å². The van der Waals surface area contributed by atoms with Gasteiger partial charge >= 0.3 is 0 Å². The van der Waals surface area contributed by atoms with Gasteiger partial charge in [0.15, 0.2) is 0 Å². The minimum Gasteiger partial charge on any atom is -0.355 e. The third-order valence-corrected chi connectivity index (χ3v) is 4.03. The van der Waals surface area contributed by atoms with E-state index in [2.05, 4.69) is 24.5 Å². The van der Waals surface area contributed by atoms with Crippen LogP contribution in [0.15, 0.2) is 0 Å². The Kier molecular flexibility index (Phi) is 6.13. The molecule has 0 aromatic carbocycles. The maximum Gasteiger partial charge on any atom is 0.236 e. The number of likely N-dealkylation sites (N-methyl/N-ethyl adjacent to an activating group) is 1. The summed E-state index contributed by atoms with van der Waals surface area (Å²) in [5, 5.41) is 6.32. The Labute approximate surface area is 112 Å². The standard InChI is InChI=1S/C15H30N2O/c1-5-16-14(18)13(4)17-11-15(10-12(2)3)8-6-7-9-15/h12-13,17H,5-11H2,1-4H3,(H,16,18). The smallest absolute Gasteiger partial charge is 0.236 e. The minimum atomic E-state index is -0.0745. The normalized spacial score (nSPS) is 20.1. The molecule has 1 rings (SSSR count). The highest BCUT2D eigenvalue weighted by Gasteiger charge is 2.34. The molecule has 0 aromatic rings. The first kappa shape index (κ1) is 15.5. The van der Waals surface area contributed by atoms with Crippen molar-refractivity contribution in [3.05, 3.63) is 0 Å². The summed E-state index contributed by atoms with van der Waals surface area (Å²) in [5.74, 6) is 0.861. The molecule has 0 spiro atoms. The first-order valence-corrected chi connectivity index (χ1v) is 7.50. The summed E-state index contributed by atoms with van der Waals surface area (Å²) in [5.41, 5.74) is 0.439. The molecule has 106 valence electrons. The molecule has 2 N–H and O–H groups in total. The summed E-state index contributed by atoms with van der Waals surface area (Å²) in [6.45, 7) is 10.2. The summed E-state index contributed by atoms with van der Waals surface area (Å²) in [4.78, 5) is 11.7. The molecule has 1 aliphatic carbocycles. The van der Waals surface area contributed by atoms with Crippen molar-refractivity contribution in [1.82, 2.24) is 10.6 Å². The van der Waals surface area contributed by atoms with E-state index in [1.165, 1.54) is 32.1 Å². The molecule has 3 heteroatoms. The zero-order valence-corrected chi connectivity index (χ0v) is 12.5. The van der Waals surface area contributed by atoms with Gasteiger partial charge in [0, 0.05) is 13.1 Å². The number of rotatable bonds is 7. The van der Waals surface area contributed by atoms with E-state index in [-0.39, 0.29) is 11.9 Å². The average molecular weight is 254 g/mol. The van der Waals surface area contributed by atoms with Crippen LogP contribution in [0.1, 0.15) is 59.8 Å². The highest BCUT2D eigenvalue weighted by molar-refractivity contribution is 5.81. The Morgan fingerprint density at radius 2 is 1.83 bits per heavy atom. The highest BCUT2D eigenvalue weighted by atomic mass is 16.2. The lowest BCUT2D eigenvalue weighted by Gasteiger charge is -2.32. The van der Waals surface area contributed by atoms with Gasteiger partial charge in [0.05, 0.1) is 6.04 Å². The zero-order chi connectivity index (χ0) is 13.6. The molecule has 0 saturated heterocycles. The topological polar surface area (TPSA) is 41.1 Å². The Balaban J connectivity index is 2.45. The van der Waals surface area contributed by atoms with Crippen LogP contribution in [0.5, 0.6) is 0 Å². The molecule has 1 saturated carbocycles. The molecule has 0 radical (unpaired) electrons. The van der Waals surface area contributed by atoms with Crippen LogP contribution in [-0.2, 0) is 4.79 Å². The third-order valence-electron chi connectivity index (χ3n) is 4.03. The minimum absolute atomic E-state index is 0.0745. The van der Waals surface area contributed by atoms with Gasteiger partial charge in [-0.05, 0) is 44.4 Å². The molecular formula is C15H30N2O. The summed E-state index contributed by atoms with van der Waals surface area (Å²) in [6, 6.07) is -0.0745. The highest BCUT2D eigenvalue weighted by Crippen LogP contribution is 2.42. The first-order chi connectivity index (χ1) is 8.49. The zero-order valence-electron chi connectivity index (χ0n) is 12.5. The molecule has 0 heterocycles. The van der Waals surface area contributed by atoms with Crippen molar-refractivity contribution >= 4 is 5.91 Å². The SMILES string of the molecule is CCNC(=O)C(C)NCC1(CC(C)C)CCCC1. The molecule has 1 unspecified atom stereocenters. The van der Waals surface area contributed by atoms with Gasteiger partial charge in [0.25, 0.3) is 0 Å². The summed E-state index contributed by atoms with van der Waals surface area (Å²) < 4.78 is 0. The van der Waals surface area contributed by atoms with Crippen LogP contribution in [-0.4, -0.2) is 25.0 Å². The van der Waals surface area contributed by atoms with Crippen molar-refractivity contribution in [2.24, 2.45) is 11.3 Å². The summed E-state index contributed by atoms with van der Waals surface area (Å²) >= 11 is 0. The molecule has 3 nitrogen and oxygen atoms in total. The molecule has 0 aliphatic heterocycles. The lowest BCUT2D eigenvalue weighted by molar-refractivity contribution is -0.122. The van der Waals surface area contributed by atoms with Gasteiger partial charge in [-0.3, -0.25) is 4.79 Å². The Morgan fingerprint density at radius 3 is 2.33 bits per heavy atom. The maximum atomic E-state index is 11.7. The van der Waals surface area contributed by atoms with E-state index in [1.807, 2.05) is 13.8 Å². The van der Waals surface area contributed by atoms with Crippen LogP contribution in [0.2, 0.25) is 0 Å². The number of carbonyl (C=O) groups excluding carboxylic acids is 1. The van der Waals surface area contributed by atoms with Gasteiger partial charge in [-0.2, -0.15) is 0 Å². The Bertz CT molecular complexity index is 257. The molecule has 0 bridgehead atoms. The van der Waals surface area contributed by atoms with Gasteiger partial charge in [0.2, 0.25) is 5.91 Å². The molecule has 18 heavy (non-hydrogen) atoms. The molecule has 1 atom stereocenters. The average Bonchev–Trinajstić information content (AvgIpc) is 2.74. The van der Waals surface area contributed by atoms with Crippen LogP contribution in [0, 0.1) is 11.3 Å². The third kappa shape index (κ3) is 4.60. The van der Waals surface area contributed by atoms with Gasteiger partial charge in [0.1, 0.15) is 0 Å². The molecule has 0 aromatic heterocycles. The molecule has 1 aliphatic rings. The quantitative estimate of drug-likeness (QED) is 0.733. The van der Waals surface area contributed by atoms with Gasteiger partial charge in [-0.25, -0.2) is 0 Å². The fraction of sp³-hybridized carbons (Fsp3) is 0.933. The van der Waals surface area contributed by atoms with Crippen LogP contribution in [0.3, 0.4) is 0 Å². The fourth-order valence-electron chi connectivity index (χ4n) is 3.23. The fourth-order valence-corrected chi connectivity index (χ4v) is 3.23. The number of carbonyl (C=O) groups is 1. The lowest BCUT2D eigenvalue weighted by Crippen LogP contribution is -2.46. The molecule has 1 fully saturated rings.